The van der Waals surface area contributed by atoms with Crippen molar-refractivity contribution in [2.45, 2.75) is 437 Å². The standard InChI is InChI=1S/C78H149NO5/c1-3-5-7-9-11-13-15-16-17-18-19-20-32-35-38-41-44-47-51-54-58-62-66-70-76(81)75(74-80)79-77(82)71-67-63-59-55-52-48-45-42-39-36-33-30-28-26-24-22-21-23-25-27-29-31-34-37-40-43-46-49-53-57-61-65-69-73-84-78(83)72-68-64-60-56-50-14-12-10-8-6-4-2/h10,12,25,27,31,34,75-76,80-81H,3-9,11,13-24,26,28-30,32-33,35-74H2,1-2H3,(H,79,82)/b12-10-,27-25-,34-31-. The van der Waals surface area contributed by atoms with Crippen LogP contribution >= 0.6 is 0 Å². The van der Waals surface area contributed by atoms with Crippen LogP contribution in [-0.4, -0.2) is 47.4 Å². The molecular weight excluding hydrogens is 1030 g/mol. The first-order valence-electron chi connectivity index (χ1n) is 38.2. The Balaban J connectivity index is 3.39. The second kappa shape index (κ2) is 73.5. The highest BCUT2D eigenvalue weighted by Crippen LogP contribution is 2.19. The Morgan fingerprint density at radius 1 is 0.333 bits per heavy atom. The summed E-state index contributed by atoms with van der Waals surface area (Å²) >= 11 is 0. The summed E-state index contributed by atoms with van der Waals surface area (Å²) in [4.78, 5) is 24.6. The molecular formula is C78H149NO5. The van der Waals surface area contributed by atoms with Crippen LogP contribution in [0.2, 0.25) is 0 Å². The first-order valence-corrected chi connectivity index (χ1v) is 38.2. The quantitative estimate of drug-likeness (QED) is 0.0320. The predicted octanol–water partition coefficient (Wildman–Crippen LogP) is 25.0. The third-order valence-corrected chi connectivity index (χ3v) is 17.9. The summed E-state index contributed by atoms with van der Waals surface area (Å²) in [6, 6.07) is -0.542. The maximum absolute atomic E-state index is 12.6. The van der Waals surface area contributed by atoms with Crippen LogP contribution in [-0.2, 0) is 14.3 Å². The fourth-order valence-electron chi connectivity index (χ4n) is 12.1. The Morgan fingerprint density at radius 3 is 0.952 bits per heavy atom. The van der Waals surface area contributed by atoms with Crippen molar-refractivity contribution >= 4 is 11.9 Å². The molecule has 6 nitrogen and oxygen atoms in total. The molecule has 1 amide bonds. The lowest BCUT2D eigenvalue weighted by Gasteiger charge is -2.22. The number of ether oxygens (including phenoxy) is 1. The van der Waals surface area contributed by atoms with Gasteiger partial charge in [-0.2, -0.15) is 0 Å². The van der Waals surface area contributed by atoms with E-state index in [0.717, 1.165) is 51.4 Å². The van der Waals surface area contributed by atoms with Crippen molar-refractivity contribution in [2.75, 3.05) is 13.2 Å². The predicted molar refractivity (Wildman–Crippen MR) is 370 cm³/mol. The smallest absolute Gasteiger partial charge is 0.305 e. The zero-order chi connectivity index (χ0) is 60.6. The van der Waals surface area contributed by atoms with Gasteiger partial charge in [-0.05, 0) is 77.0 Å². The van der Waals surface area contributed by atoms with Crippen molar-refractivity contribution in [3.63, 3.8) is 0 Å². The Labute approximate surface area is 525 Å². The number of unbranched alkanes of at least 4 members (excludes halogenated alkanes) is 55. The van der Waals surface area contributed by atoms with Gasteiger partial charge in [0.15, 0.2) is 0 Å². The highest BCUT2D eigenvalue weighted by atomic mass is 16.5. The van der Waals surface area contributed by atoms with Gasteiger partial charge in [-0.25, -0.2) is 0 Å². The van der Waals surface area contributed by atoms with Gasteiger partial charge in [0.1, 0.15) is 0 Å². The van der Waals surface area contributed by atoms with Gasteiger partial charge in [0.05, 0.1) is 25.4 Å². The highest BCUT2D eigenvalue weighted by molar-refractivity contribution is 5.76. The molecule has 2 unspecified atom stereocenters. The van der Waals surface area contributed by atoms with Crippen LogP contribution in [0.5, 0.6) is 0 Å². The van der Waals surface area contributed by atoms with E-state index in [1.54, 1.807) is 0 Å². The lowest BCUT2D eigenvalue weighted by atomic mass is 10.0. The van der Waals surface area contributed by atoms with Gasteiger partial charge >= 0.3 is 5.97 Å². The van der Waals surface area contributed by atoms with Crippen molar-refractivity contribution in [1.29, 1.82) is 0 Å². The number of carbonyl (C=O) groups is 2. The van der Waals surface area contributed by atoms with Gasteiger partial charge in [-0.1, -0.05) is 371 Å². The molecule has 0 aliphatic rings. The number of rotatable bonds is 72. The first-order chi connectivity index (χ1) is 41.5. The molecule has 0 aromatic carbocycles. The Bertz CT molecular complexity index is 1360. The Morgan fingerprint density at radius 2 is 0.607 bits per heavy atom. The van der Waals surface area contributed by atoms with Crippen molar-refractivity contribution in [3.05, 3.63) is 36.5 Å². The minimum absolute atomic E-state index is 0.00354. The largest absolute Gasteiger partial charge is 0.466 e. The molecule has 0 spiro atoms. The number of hydrogen-bond acceptors (Lipinski definition) is 5. The minimum atomic E-state index is -0.665. The number of aliphatic hydroxyl groups excluding tert-OH is 2. The van der Waals surface area contributed by atoms with E-state index >= 15 is 0 Å². The van der Waals surface area contributed by atoms with Gasteiger partial charge in [0.25, 0.3) is 0 Å². The molecule has 0 saturated carbocycles. The molecule has 0 fully saturated rings. The van der Waals surface area contributed by atoms with Gasteiger partial charge in [0, 0.05) is 12.8 Å². The molecule has 0 radical (unpaired) electrons. The molecule has 6 heteroatoms. The molecule has 0 heterocycles. The van der Waals surface area contributed by atoms with Crippen LogP contribution in [0.15, 0.2) is 36.5 Å². The second-order valence-corrected chi connectivity index (χ2v) is 26.3. The summed E-state index contributed by atoms with van der Waals surface area (Å²) in [5.41, 5.74) is 0. The zero-order valence-electron chi connectivity index (χ0n) is 56.9. The molecule has 84 heavy (non-hydrogen) atoms. The van der Waals surface area contributed by atoms with E-state index in [1.165, 1.54) is 340 Å². The van der Waals surface area contributed by atoms with E-state index in [0.29, 0.717) is 25.9 Å². The summed E-state index contributed by atoms with van der Waals surface area (Å²) in [6.07, 6.45) is 95.1. The average Bonchev–Trinajstić information content (AvgIpc) is 3.51. The number of amides is 1. The second-order valence-electron chi connectivity index (χ2n) is 26.3. The molecule has 0 aromatic heterocycles. The molecule has 0 aliphatic heterocycles. The topological polar surface area (TPSA) is 95.9 Å². The van der Waals surface area contributed by atoms with Crippen molar-refractivity contribution < 1.29 is 24.5 Å². The minimum Gasteiger partial charge on any atom is -0.466 e. The van der Waals surface area contributed by atoms with Gasteiger partial charge < -0.3 is 20.3 Å². The molecule has 0 aliphatic carbocycles. The maximum Gasteiger partial charge on any atom is 0.305 e. The highest BCUT2D eigenvalue weighted by Gasteiger charge is 2.20. The van der Waals surface area contributed by atoms with Crippen molar-refractivity contribution in [2.24, 2.45) is 0 Å². The third-order valence-electron chi connectivity index (χ3n) is 17.9. The fourth-order valence-corrected chi connectivity index (χ4v) is 12.1. The summed E-state index contributed by atoms with van der Waals surface area (Å²) in [7, 11) is 0. The lowest BCUT2D eigenvalue weighted by molar-refractivity contribution is -0.143. The third kappa shape index (κ3) is 69.2. The fraction of sp³-hybridized carbons (Fsp3) is 0.897. The zero-order valence-corrected chi connectivity index (χ0v) is 56.9. The van der Waals surface area contributed by atoms with E-state index in [4.69, 9.17) is 4.74 Å². The van der Waals surface area contributed by atoms with Gasteiger partial charge in [0.2, 0.25) is 5.91 Å². The van der Waals surface area contributed by atoms with Gasteiger partial charge in [-0.3, -0.25) is 9.59 Å². The van der Waals surface area contributed by atoms with Crippen LogP contribution < -0.4 is 5.32 Å². The monoisotopic (exact) mass is 1180 g/mol. The summed E-state index contributed by atoms with van der Waals surface area (Å²) < 4.78 is 5.46. The average molecular weight is 1180 g/mol. The number of allylic oxidation sites excluding steroid dienone is 6. The number of carbonyl (C=O) groups excluding carboxylic acids is 2. The molecule has 2 atom stereocenters. The first kappa shape index (κ1) is 82.1. The number of esters is 1. The number of nitrogens with one attached hydrogen (secondary N) is 1. The normalized spacial score (nSPS) is 12.7. The van der Waals surface area contributed by atoms with Crippen LogP contribution in [0.1, 0.15) is 425 Å². The van der Waals surface area contributed by atoms with Crippen molar-refractivity contribution in [1.82, 2.24) is 5.32 Å². The summed E-state index contributed by atoms with van der Waals surface area (Å²) in [6.45, 7) is 4.95. The molecule has 0 saturated heterocycles. The summed E-state index contributed by atoms with van der Waals surface area (Å²) in [5, 5.41) is 23.5. The van der Waals surface area contributed by atoms with Crippen LogP contribution in [0.3, 0.4) is 0 Å². The maximum atomic E-state index is 12.6. The molecule has 0 bridgehead atoms. The van der Waals surface area contributed by atoms with E-state index < -0.39 is 12.1 Å². The van der Waals surface area contributed by atoms with Crippen LogP contribution in [0.25, 0.3) is 0 Å². The molecule has 3 N–H and O–H groups in total. The van der Waals surface area contributed by atoms with Crippen LogP contribution in [0.4, 0.5) is 0 Å². The SMILES string of the molecule is CCCC/C=C\CCCCCCCC(=O)OCCCCCCCCCCC/C=C\C/C=C\CCCCCCCCCCCCCCCCCCCC(=O)NC(CO)C(O)CCCCCCCCCCCCCCCCCCCCCCCCC. The van der Waals surface area contributed by atoms with Crippen molar-refractivity contribution in [3.8, 4) is 0 Å². The Kier molecular flexibility index (Phi) is 71.9. The lowest BCUT2D eigenvalue weighted by Crippen LogP contribution is -2.45. The number of hydrogen-bond donors (Lipinski definition) is 3. The van der Waals surface area contributed by atoms with Gasteiger partial charge in [-0.15, -0.1) is 0 Å². The number of aliphatic hydroxyl groups is 2. The summed E-state index contributed by atoms with van der Waals surface area (Å²) in [5.74, 6) is -0.0245. The van der Waals surface area contributed by atoms with E-state index in [2.05, 4.69) is 55.6 Å². The Hall–Kier alpha value is -1.92. The molecule has 0 aromatic rings. The van der Waals surface area contributed by atoms with Crippen LogP contribution in [0, 0.1) is 0 Å². The molecule has 496 valence electrons. The van der Waals surface area contributed by atoms with E-state index in [9.17, 15) is 19.8 Å². The molecule has 0 rings (SSSR count). The van der Waals surface area contributed by atoms with E-state index in [1.807, 2.05) is 0 Å². The van der Waals surface area contributed by atoms with E-state index in [-0.39, 0.29) is 18.5 Å².